The number of nitrogens with one attached hydrogen (secondary N) is 3. The Balaban J connectivity index is 1.30. The van der Waals surface area contributed by atoms with Crippen molar-refractivity contribution >= 4 is 23.6 Å². The molecule has 278 valence electrons. The van der Waals surface area contributed by atoms with Gasteiger partial charge in [0.2, 0.25) is 17.7 Å². The van der Waals surface area contributed by atoms with Gasteiger partial charge in [-0.2, -0.15) is 0 Å². The van der Waals surface area contributed by atoms with Gasteiger partial charge in [0, 0.05) is 26.0 Å². The van der Waals surface area contributed by atoms with Crippen molar-refractivity contribution in [2.75, 3.05) is 26.8 Å². The first-order chi connectivity index (χ1) is 25.4. The molecule has 1 heterocycles. The molecule has 3 atom stereocenters. The first-order valence-corrected chi connectivity index (χ1v) is 17.3. The number of phenols is 1. The Bertz CT molecular complexity index is 1900. The molecule has 0 radical (unpaired) electrons. The van der Waals surface area contributed by atoms with Gasteiger partial charge in [-0.25, -0.2) is 4.39 Å². The van der Waals surface area contributed by atoms with Gasteiger partial charge in [0.1, 0.15) is 48.4 Å². The zero-order valence-corrected chi connectivity index (χ0v) is 29.8. The number of fused-ring (bicyclic) bond motifs is 1. The molecule has 0 saturated carbocycles. The van der Waals surface area contributed by atoms with E-state index in [9.17, 15) is 28.7 Å². The van der Waals surface area contributed by atoms with E-state index in [4.69, 9.17) is 14.2 Å². The highest BCUT2D eigenvalue weighted by atomic mass is 19.1. The molecule has 53 heavy (non-hydrogen) atoms. The van der Waals surface area contributed by atoms with Crippen molar-refractivity contribution in [3.8, 4) is 28.7 Å². The van der Waals surface area contributed by atoms with Crippen molar-refractivity contribution in [1.29, 1.82) is 0 Å². The van der Waals surface area contributed by atoms with Crippen molar-refractivity contribution < 1.29 is 42.9 Å². The van der Waals surface area contributed by atoms with E-state index in [1.54, 1.807) is 62.5 Å². The molecule has 4 amide bonds. The maximum Gasteiger partial charge on any atom is 0.255 e. The summed E-state index contributed by atoms with van der Waals surface area (Å²) in [5.74, 6) is -1.29. The highest BCUT2D eigenvalue weighted by molar-refractivity contribution is 6.00. The lowest BCUT2D eigenvalue weighted by Crippen LogP contribution is -2.51. The number of phenolic OH excluding ortho intramolecular Hbond substituents is 1. The standard InChI is InChI=1S/C40H43FN4O8/c1-25-8-15-30(16-9-25)53-36-23-28(41)12-18-35(36)52-24-26(2)42-39(49)32-17-19-37(47)43-33(22-27-10-13-29(46)14-11-27)40(50)45(3)20-21-51-34-7-5-4-6-31(34)38(48)44-32/h4-16,18,23,26,32-33,46H,17,19-22,24H2,1-3H3,(H,42,49)(H,43,47)(H,44,48)/t26-,32+,33+/m1/s1. The van der Waals surface area contributed by atoms with Crippen molar-refractivity contribution in [1.82, 2.24) is 20.9 Å². The molecule has 12 nitrogen and oxygen atoms in total. The summed E-state index contributed by atoms with van der Waals surface area (Å²) in [6, 6.07) is 21.3. The van der Waals surface area contributed by atoms with Crippen LogP contribution in [0.25, 0.3) is 0 Å². The minimum Gasteiger partial charge on any atom is -0.508 e. The summed E-state index contributed by atoms with van der Waals surface area (Å²) < 4.78 is 31.9. The van der Waals surface area contributed by atoms with Crippen LogP contribution in [0.2, 0.25) is 0 Å². The number of aromatic hydroxyl groups is 1. The number of benzene rings is 4. The second-order valence-electron chi connectivity index (χ2n) is 12.9. The fourth-order valence-electron chi connectivity index (χ4n) is 5.58. The Labute approximate surface area is 307 Å². The molecule has 1 aliphatic heterocycles. The van der Waals surface area contributed by atoms with E-state index >= 15 is 0 Å². The number of aryl methyl sites for hydroxylation is 1. The van der Waals surface area contributed by atoms with Gasteiger partial charge in [-0.3, -0.25) is 19.2 Å². The molecule has 0 saturated heterocycles. The number of nitrogens with zero attached hydrogens (tertiary/aromatic N) is 1. The van der Waals surface area contributed by atoms with Crippen LogP contribution in [0.3, 0.4) is 0 Å². The average molecular weight is 727 g/mol. The van der Waals surface area contributed by atoms with Crippen LogP contribution in [0, 0.1) is 12.7 Å². The number of amides is 4. The minimum atomic E-state index is -1.16. The Kier molecular flexibility index (Phi) is 12.9. The number of para-hydroxylation sites is 1. The highest BCUT2D eigenvalue weighted by Gasteiger charge is 2.29. The van der Waals surface area contributed by atoms with Gasteiger partial charge in [0.25, 0.3) is 5.91 Å². The summed E-state index contributed by atoms with van der Waals surface area (Å²) in [5, 5.41) is 18.1. The summed E-state index contributed by atoms with van der Waals surface area (Å²) >= 11 is 0. The number of ether oxygens (including phenoxy) is 3. The van der Waals surface area contributed by atoms with E-state index in [1.807, 2.05) is 19.1 Å². The monoisotopic (exact) mass is 726 g/mol. The van der Waals surface area contributed by atoms with Crippen LogP contribution in [-0.2, 0) is 20.8 Å². The maximum atomic E-state index is 14.1. The molecule has 0 unspecified atom stereocenters. The number of hydrogen-bond acceptors (Lipinski definition) is 8. The topological polar surface area (TPSA) is 156 Å². The third-order valence-electron chi connectivity index (χ3n) is 8.52. The molecule has 4 aromatic rings. The minimum absolute atomic E-state index is 0.0337. The highest BCUT2D eigenvalue weighted by Crippen LogP contribution is 2.32. The van der Waals surface area contributed by atoms with E-state index in [0.717, 1.165) is 5.56 Å². The first kappa shape index (κ1) is 38.1. The average Bonchev–Trinajstić information content (AvgIpc) is 3.14. The number of carbonyl (C=O) groups is 4. The molecular weight excluding hydrogens is 683 g/mol. The van der Waals surface area contributed by atoms with E-state index in [2.05, 4.69) is 16.0 Å². The molecule has 4 N–H and O–H groups in total. The SMILES string of the molecule is Cc1ccc(Oc2cc(F)ccc2OC[C@@H](C)NC(=O)[C@@H]2CCC(=O)N[C@@H](Cc3ccc(O)cc3)C(=O)N(C)CCOc3ccccc3C(=O)N2)cc1. The Morgan fingerprint density at radius 3 is 2.49 bits per heavy atom. The predicted octanol–water partition coefficient (Wildman–Crippen LogP) is 4.67. The fourth-order valence-corrected chi connectivity index (χ4v) is 5.58. The van der Waals surface area contributed by atoms with Gasteiger partial charge >= 0.3 is 0 Å². The summed E-state index contributed by atoms with van der Waals surface area (Å²) in [7, 11) is 1.59. The Hall–Kier alpha value is -6.11. The zero-order chi connectivity index (χ0) is 37.9. The van der Waals surface area contributed by atoms with Crippen LogP contribution in [0.4, 0.5) is 4.39 Å². The van der Waals surface area contributed by atoms with Crippen molar-refractivity contribution in [2.24, 2.45) is 0 Å². The van der Waals surface area contributed by atoms with Crippen LogP contribution in [0.5, 0.6) is 28.7 Å². The van der Waals surface area contributed by atoms with E-state index in [0.29, 0.717) is 11.3 Å². The van der Waals surface area contributed by atoms with E-state index in [-0.39, 0.29) is 73.5 Å². The molecule has 0 bridgehead atoms. The summed E-state index contributed by atoms with van der Waals surface area (Å²) in [4.78, 5) is 55.5. The van der Waals surface area contributed by atoms with Crippen LogP contribution in [0.15, 0.2) is 91.0 Å². The van der Waals surface area contributed by atoms with Crippen molar-refractivity contribution in [3.05, 3.63) is 114 Å². The molecule has 0 aliphatic carbocycles. The second-order valence-corrected chi connectivity index (χ2v) is 12.9. The largest absolute Gasteiger partial charge is 0.508 e. The predicted molar refractivity (Wildman–Crippen MR) is 195 cm³/mol. The van der Waals surface area contributed by atoms with Gasteiger partial charge in [-0.15, -0.1) is 0 Å². The third-order valence-corrected chi connectivity index (χ3v) is 8.52. The fraction of sp³-hybridized carbons (Fsp3) is 0.300. The lowest BCUT2D eigenvalue weighted by atomic mass is 10.0. The summed E-state index contributed by atoms with van der Waals surface area (Å²) in [6.07, 6.45) is -0.134. The number of hydrogen-bond donors (Lipinski definition) is 4. The quantitative estimate of drug-likeness (QED) is 0.194. The number of halogens is 1. The lowest BCUT2D eigenvalue weighted by molar-refractivity contribution is -0.135. The van der Waals surface area contributed by atoms with Gasteiger partial charge in [-0.1, -0.05) is 42.0 Å². The first-order valence-electron chi connectivity index (χ1n) is 17.3. The van der Waals surface area contributed by atoms with Crippen LogP contribution >= 0.6 is 0 Å². The number of carbonyl (C=O) groups excluding carboxylic acids is 4. The smallest absolute Gasteiger partial charge is 0.255 e. The molecule has 1 aliphatic rings. The second kappa shape index (κ2) is 17.9. The Morgan fingerprint density at radius 1 is 1.00 bits per heavy atom. The molecule has 0 fully saturated rings. The lowest BCUT2D eigenvalue weighted by Gasteiger charge is -2.25. The number of likely N-dealkylation sites (N-methyl/N-ethyl adjacent to an activating group) is 1. The Morgan fingerprint density at radius 2 is 1.74 bits per heavy atom. The molecule has 13 heteroatoms. The third kappa shape index (κ3) is 10.9. The van der Waals surface area contributed by atoms with Gasteiger partial charge in [0.15, 0.2) is 11.5 Å². The molecule has 4 aromatic carbocycles. The molecule has 0 spiro atoms. The zero-order valence-electron chi connectivity index (χ0n) is 29.8. The summed E-state index contributed by atoms with van der Waals surface area (Å²) in [6.45, 7) is 3.82. The van der Waals surface area contributed by atoms with Gasteiger partial charge < -0.3 is 40.2 Å². The van der Waals surface area contributed by atoms with Gasteiger partial charge in [0.05, 0.1) is 18.2 Å². The molecular formula is C40H43FN4O8. The van der Waals surface area contributed by atoms with Crippen molar-refractivity contribution in [2.45, 2.75) is 51.2 Å². The van der Waals surface area contributed by atoms with Crippen LogP contribution in [0.1, 0.15) is 41.3 Å². The van der Waals surface area contributed by atoms with Crippen LogP contribution < -0.4 is 30.2 Å². The van der Waals surface area contributed by atoms with E-state index in [1.165, 1.54) is 35.2 Å². The summed E-state index contributed by atoms with van der Waals surface area (Å²) in [5.41, 5.74) is 1.93. The normalized spacial score (nSPS) is 17.5. The van der Waals surface area contributed by atoms with E-state index < -0.39 is 41.7 Å². The van der Waals surface area contributed by atoms with Crippen LogP contribution in [-0.4, -0.2) is 78.6 Å². The number of rotatable bonds is 9. The maximum absolute atomic E-state index is 14.1. The van der Waals surface area contributed by atoms with Crippen molar-refractivity contribution in [3.63, 3.8) is 0 Å². The van der Waals surface area contributed by atoms with Gasteiger partial charge in [-0.05, 0) is 74.4 Å². The molecule has 0 aromatic heterocycles. The molecule has 5 rings (SSSR count).